The van der Waals surface area contributed by atoms with Gasteiger partial charge in [0.2, 0.25) is 5.91 Å². The Bertz CT molecular complexity index is 391. The summed E-state index contributed by atoms with van der Waals surface area (Å²) in [5.74, 6) is -0.0726. The van der Waals surface area contributed by atoms with Gasteiger partial charge in [0.05, 0.1) is 12.6 Å². The number of nitrogens with two attached hydrogens (primary N) is 1. The molecule has 0 heterocycles. The number of aliphatic hydroxyl groups is 1. The lowest BCUT2D eigenvalue weighted by molar-refractivity contribution is -0.135. The number of benzene rings is 1. The normalized spacial score (nSPS) is 12.4. The second kappa shape index (κ2) is 8.72. The maximum atomic E-state index is 12.5. The zero-order valence-electron chi connectivity index (χ0n) is 12.5. The van der Waals surface area contributed by atoms with Crippen LogP contribution in [-0.2, 0) is 11.2 Å². The first-order valence-electron chi connectivity index (χ1n) is 7.34. The molecule has 1 rings (SSSR count). The van der Waals surface area contributed by atoms with Gasteiger partial charge in [-0.2, -0.15) is 0 Å². The van der Waals surface area contributed by atoms with Crippen molar-refractivity contribution in [2.75, 3.05) is 13.2 Å². The molecule has 0 aliphatic rings. The average Bonchev–Trinajstić information content (AvgIpc) is 2.47. The summed E-state index contributed by atoms with van der Waals surface area (Å²) in [6.07, 6.45) is 2.28. The molecule has 0 aliphatic heterocycles. The van der Waals surface area contributed by atoms with Gasteiger partial charge in [-0.05, 0) is 24.8 Å². The van der Waals surface area contributed by atoms with Crippen LogP contribution in [0.15, 0.2) is 30.3 Å². The van der Waals surface area contributed by atoms with E-state index in [1.54, 1.807) is 4.90 Å². The smallest absolute Gasteiger partial charge is 0.240 e. The van der Waals surface area contributed by atoms with Crippen LogP contribution in [0.5, 0.6) is 0 Å². The van der Waals surface area contributed by atoms with Crippen LogP contribution in [0.4, 0.5) is 0 Å². The van der Waals surface area contributed by atoms with Crippen molar-refractivity contribution in [2.24, 2.45) is 5.73 Å². The number of nitrogens with zero attached hydrogens (tertiary/aromatic N) is 1. The number of aliphatic hydroxyl groups excluding tert-OH is 1. The summed E-state index contributed by atoms with van der Waals surface area (Å²) >= 11 is 0. The van der Waals surface area contributed by atoms with Crippen LogP contribution >= 0.6 is 0 Å². The molecule has 0 aromatic heterocycles. The molecule has 0 saturated carbocycles. The highest BCUT2D eigenvalue weighted by atomic mass is 16.3. The molecule has 0 bridgehead atoms. The van der Waals surface area contributed by atoms with E-state index in [2.05, 4.69) is 13.8 Å². The minimum absolute atomic E-state index is 0.0275. The van der Waals surface area contributed by atoms with Crippen molar-refractivity contribution in [3.8, 4) is 0 Å². The molecular weight excluding hydrogens is 252 g/mol. The number of rotatable bonds is 8. The minimum atomic E-state index is -0.551. The zero-order chi connectivity index (χ0) is 15.0. The summed E-state index contributed by atoms with van der Waals surface area (Å²) in [5, 5.41) is 9.16. The number of hydrogen-bond acceptors (Lipinski definition) is 3. The Morgan fingerprint density at radius 2 is 1.85 bits per heavy atom. The van der Waals surface area contributed by atoms with Gasteiger partial charge in [-0.25, -0.2) is 0 Å². The summed E-state index contributed by atoms with van der Waals surface area (Å²) in [4.78, 5) is 14.2. The Morgan fingerprint density at radius 1 is 1.25 bits per heavy atom. The van der Waals surface area contributed by atoms with E-state index < -0.39 is 6.04 Å². The predicted molar refractivity (Wildman–Crippen MR) is 81.3 cm³/mol. The summed E-state index contributed by atoms with van der Waals surface area (Å²) in [6, 6.07) is 9.37. The molecule has 1 atom stereocenters. The van der Waals surface area contributed by atoms with Gasteiger partial charge in [0.15, 0.2) is 0 Å². The third kappa shape index (κ3) is 4.62. The SMILES string of the molecule is CCC(CC)N(CCO)C(=O)[C@@H](N)Cc1ccccc1. The van der Waals surface area contributed by atoms with Crippen molar-refractivity contribution in [3.63, 3.8) is 0 Å². The van der Waals surface area contributed by atoms with Gasteiger partial charge >= 0.3 is 0 Å². The molecule has 0 unspecified atom stereocenters. The highest BCUT2D eigenvalue weighted by Crippen LogP contribution is 2.11. The van der Waals surface area contributed by atoms with Crippen molar-refractivity contribution in [3.05, 3.63) is 35.9 Å². The highest BCUT2D eigenvalue weighted by Gasteiger charge is 2.25. The van der Waals surface area contributed by atoms with Crippen LogP contribution in [0, 0.1) is 0 Å². The second-order valence-corrected chi connectivity index (χ2v) is 5.02. The molecule has 3 N–H and O–H groups in total. The molecular formula is C16H26N2O2. The maximum Gasteiger partial charge on any atom is 0.240 e. The summed E-state index contributed by atoms with van der Waals surface area (Å²) < 4.78 is 0. The largest absolute Gasteiger partial charge is 0.395 e. The van der Waals surface area contributed by atoms with Gasteiger partial charge in [0, 0.05) is 12.6 Å². The molecule has 0 spiro atoms. The molecule has 4 heteroatoms. The highest BCUT2D eigenvalue weighted by molar-refractivity contribution is 5.82. The van der Waals surface area contributed by atoms with Gasteiger partial charge in [0.1, 0.15) is 0 Å². The van der Waals surface area contributed by atoms with Crippen LogP contribution in [0.3, 0.4) is 0 Å². The standard InChI is InChI=1S/C16H26N2O2/c1-3-14(4-2)18(10-11-19)16(20)15(17)12-13-8-6-5-7-9-13/h5-9,14-15,19H,3-4,10-12,17H2,1-2H3/t15-/m0/s1. The van der Waals surface area contributed by atoms with Crippen molar-refractivity contribution in [2.45, 2.75) is 45.2 Å². The van der Waals surface area contributed by atoms with E-state index in [4.69, 9.17) is 10.8 Å². The molecule has 0 radical (unpaired) electrons. The fraction of sp³-hybridized carbons (Fsp3) is 0.562. The van der Waals surface area contributed by atoms with Gasteiger partial charge in [-0.3, -0.25) is 4.79 Å². The third-order valence-electron chi connectivity index (χ3n) is 3.62. The lowest BCUT2D eigenvalue weighted by Gasteiger charge is -2.32. The lowest BCUT2D eigenvalue weighted by Crippen LogP contribution is -2.50. The van der Waals surface area contributed by atoms with Gasteiger partial charge in [-0.15, -0.1) is 0 Å². The van der Waals surface area contributed by atoms with E-state index in [-0.39, 0.29) is 18.6 Å². The quantitative estimate of drug-likeness (QED) is 0.758. The molecule has 1 aromatic rings. The fourth-order valence-electron chi connectivity index (χ4n) is 2.48. The van der Waals surface area contributed by atoms with Crippen LogP contribution < -0.4 is 5.73 Å². The third-order valence-corrected chi connectivity index (χ3v) is 3.62. The zero-order valence-corrected chi connectivity index (χ0v) is 12.5. The van der Waals surface area contributed by atoms with Crippen LogP contribution in [0.1, 0.15) is 32.3 Å². The summed E-state index contributed by atoms with van der Waals surface area (Å²) in [7, 11) is 0. The first-order chi connectivity index (χ1) is 9.63. The van der Waals surface area contributed by atoms with E-state index in [0.717, 1.165) is 18.4 Å². The van der Waals surface area contributed by atoms with Crippen LogP contribution in [-0.4, -0.2) is 41.1 Å². The van der Waals surface area contributed by atoms with Crippen molar-refractivity contribution in [1.82, 2.24) is 4.90 Å². The van der Waals surface area contributed by atoms with Crippen LogP contribution in [0.25, 0.3) is 0 Å². The van der Waals surface area contributed by atoms with E-state index in [9.17, 15) is 4.79 Å². The first-order valence-corrected chi connectivity index (χ1v) is 7.34. The Hall–Kier alpha value is -1.39. The molecule has 1 amide bonds. The van der Waals surface area contributed by atoms with Crippen LogP contribution in [0.2, 0.25) is 0 Å². The molecule has 0 aliphatic carbocycles. The van der Waals surface area contributed by atoms with Gasteiger partial charge < -0.3 is 15.7 Å². The van der Waals surface area contributed by atoms with Crippen molar-refractivity contribution in [1.29, 1.82) is 0 Å². The summed E-state index contributed by atoms with van der Waals surface area (Å²) in [5.41, 5.74) is 7.11. The Morgan fingerprint density at radius 3 is 2.35 bits per heavy atom. The maximum absolute atomic E-state index is 12.5. The first kappa shape index (κ1) is 16.7. The number of carbonyl (C=O) groups excluding carboxylic acids is 1. The molecule has 0 saturated heterocycles. The van der Waals surface area contributed by atoms with Gasteiger partial charge in [-0.1, -0.05) is 44.2 Å². The predicted octanol–water partition coefficient (Wildman–Crippen LogP) is 1.57. The number of amides is 1. The Labute approximate surface area is 121 Å². The lowest BCUT2D eigenvalue weighted by atomic mass is 10.0. The number of hydrogen-bond donors (Lipinski definition) is 2. The Balaban J connectivity index is 2.73. The minimum Gasteiger partial charge on any atom is -0.395 e. The Kier molecular flexibility index (Phi) is 7.26. The molecule has 1 aromatic carbocycles. The molecule has 4 nitrogen and oxygen atoms in total. The summed E-state index contributed by atoms with van der Waals surface area (Å²) in [6.45, 7) is 4.43. The molecule has 112 valence electrons. The average molecular weight is 278 g/mol. The van der Waals surface area contributed by atoms with Crippen molar-refractivity contribution < 1.29 is 9.90 Å². The topological polar surface area (TPSA) is 66.6 Å². The second-order valence-electron chi connectivity index (χ2n) is 5.02. The van der Waals surface area contributed by atoms with E-state index in [1.165, 1.54) is 0 Å². The number of carbonyl (C=O) groups is 1. The van der Waals surface area contributed by atoms with E-state index >= 15 is 0 Å². The van der Waals surface area contributed by atoms with Crippen molar-refractivity contribution >= 4 is 5.91 Å². The molecule has 20 heavy (non-hydrogen) atoms. The molecule has 0 fully saturated rings. The van der Waals surface area contributed by atoms with E-state index in [1.807, 2.05) is 30.3 Å². The fourth-order valence-corrected chi connectivity index (χ4v) is 2.48. The van der Waals surface area contributed by atoms with E-state index in [0.29, 0.717) is 13.0 Å². The monoisotopic (exact) mass is 278 g/mol. The van der Waals surface area contributed by atoms with Gasteiger partial charge in [0.25, 0.3) is 0 Å².